The molecule has 3 rings (SSSR count). The van der Waals surface area contributed by atoms with Crippen LogP contribution in [0.15, 0.2) is 0 Å². The summed E-state index contributed by atoms with van der Waals surface area (Å²) in [5, 5.41) is 9.48. The molecule has 4 unspecified atom stereocenters. The van der Waals surface area contributed by atoms with E-state index in [1.165, 1.54) is 12.8 Å². The van der Waals surface area contributed by atoms with Crippen molar-refractivity contribution in [2.45, 2.75) is 44.2 Å². The fraction of sp³-hybridized carbons (Fsp3) is 0.923. The summed E-state index contributed by atoms with van der Waals surface area (Å²) in [5.41, 5.74) is 0. The molecule has 3 aliphatic rings. The molecule has 1 saturated carbocycles. The van der Waals surface area contributed by atoms with Gasteiger partial charge in [0.2, 0.25) is 0 Å². The maximum Gasteiger partial charge on any atom is 0.321 e. The van der Waals surface area contributed by atoms with Crippen LogP contribution >= 0.6 is 0 Å². The first-order valence-corrected chi connectivity index (χ1v) is 6.83. The minimum Gasteiger partial charge on any atom is -0.480 e. The number of hydrogen-bond acceptors (Lipinski definition) is 3. The molecule has 0 spiro atoms. The molecule has 0 amide bonds. The van der Waals surface area contributed by atoms with Gasteiger partial charge in [-0.25, -0.2) is 0 Å². The van der Waals surface area contributed by atoms with E-state index in [0.717, 1.165) is 39.0 Å². The Morgan fingerprint density at radius 1 is 1.24 bits per heavy atom. The van der Waals surface area contributed by atoms with E-state index in [0.29, 0.717) is 17.9 Å². The first kappa shape index (κ1) is 11.5. The Bertz CT molecular complexity index is 301. The van der Waals surface area contributed by atoms with E-state index < -0.39 is 5.97 Å². The van der Waals surface area contributed by atoms with E-state index in [1.54, 1.807) is 0 Å². The van der Waals surface area contributed by atoms with Gasteiger partial charge in [-0.05, 0) is 37.5 Å². The maximum atomic E-state index is 11.5. The lowest BCUT2D eigenvalue weighted by Gasteiger charge is -2.34. The summed E-state index contributed by atoms with van der Waals surface area (Å²) in [7, 11) is 0. The molecule has 0 aromatic rings. The highest BCUT2D eigenvalue weighted by molar-refractivity contribution is 5.74. The Kier molecular flexibility index (Phi) is 3.09. The number of nitrogens with zero attached hydrogens (tertiary/aromatic N) is 1. The van der Waals surface area contributed by atoms with Crippen LogP contribution in [-0.2, 0) is 9.53 Å². The molecule has 3 fully saturated rings. The first-order valence-electron chi connectivity index (χ1n) is 6.83. The van der Waals surface area contributed by atoms with Crippen LogP contribution in [0.2, 0.25) is 0 Å². The topological polar surface area (TPSA) is 49.8 Å². The zero-order chi connectivity index (χ0) is 11.8. The SMILES string of the molecule is O=C(O)C1C2CCCC2CN1C1CCCOC1. The second kappa shape index (κ2) is 4.58. The lowest BCUT2D eigenvalue weighted by Crippen LogP contribution is -2.48. The summed E-state index contributed by atoms with van der Waals surface area (Å²) in [6.45, 7) is 2.55. The van der Waals surface area contributed by atoms with Gasteiger partial charge in [0.25, 0.3) is 0 Å². The predicted octanol–water partition coefficient (Wildman–Crippen LogP) is 1.35. The fourth-order valence-corrected chi connectivity index (χ4v) is 4.02. The zero-order valence-corrected chi connectivity index (χ0v) is 10.2. The normalized spacial score (nSPS) is 42.6. The van der Waals surface area contributed by atoms with Crippen molar-refractivity contribution in [2.75, 3.05) is 19.8 Å². The second-order valence-corrected chi connectivity index (χ2v) is 5.71. The molecule has 2 saturated heterocycles. The summed E-state index contributed by atoms with van der Waals surface area (Å²) >= 11 is 0. The lowest BCUT2D eigenvalue weighted by molar-refractivity contribution is -0.145. The van der Waals surface area contributed by atoms with E-state index in [1.807, 2.05) is 0 Å². The third-order valence-corrected chi connectivity index (χ3v) is 4.78. The maximum absolute atomic E-state index is 11.5. The quantitative estimate of drug-likeness (QED) is 0.790. The Morgan fingerprint density at radius 3 is 2.82 bits per heavy atom. The van der Waals surface area contributed by atoms with E-state index in [-0.39, 0.29) is 6.04 Å². The zero-order valence-electron chi connectivity index (χ0n) is 10.2. The van der Waals surface area contributed by atoms with Gasteiger partial charge in [-0.2, -0.15) is 0 Å². The number of ether oxygens (including phenoxy) is 1. The van der Waals surface area contributed by atoms with Gasteiger partial charge < -0.3 is 9.84 Å². The number of aliphatic carboxylic acids is 1. The van der Waals surface area contributed by atoms with E-state index in [4.69, 9.17) is 4.74 Å². The highest BCUT2D eigenvalue weighted by atomic mass is 16.5. The van der Waals surface area contributed by atoms with Gasteiger partial charge in [0.15, 0.2) is 0 Å². The molecule has 4 nitrogen and oxygen atoms in total. The van der Waals surface area contributed by atoms with Crippen LogP contribution in [0, 0.1) is 11.8 Å². The smallest absolute Gasteiger partial charge is 0.321 e. The average molecular weight is 239 g/mol. The molecular formula is C13H21NO3. The summed E-state index contributed by atoms with van der Waals surface area (Å²) in [6, 6.07) is 0.102. The van der Waals surface area contributed by atoms with Crippen LogP contribution < -0.4 is 0 Å². The minimum atomic E-state index is -0.620. The Morgan fingerprint density at radius 2 is 2.12 bits per heavy atom. The van der Waals surface area contributed by atoms with Gasteiger partial charge in [-0.3, -0.25) is 9.69 Å². The first-order chi connectivity index (χ1) is 8.27. The molecule has 0 bridgehead atoms. The van der Waals surface area contributed by atoms with Gasteiger partial charge in [0.1, 0.15) is 6.04 Å². The molecular weight excluding hydrogens is 218 g/mol. The minimum absolute atomic E-state index is 0.241. The van der Waals surface area contributed by atoms with Crippen molar-refractivity contribution in [1.29, 1.82) is 0 Å². The molecule has 17 heavy (non-hydrogen) atoms. The predicted molar refractivity (Wildman–Crippen MR) is 62.8 cm³/mol. The van der Waals surface area contributed by atoms with E-state index in [2.05, 4.69) is 4.90 Å². The Balaban J connectivity index is 1.76. The molecule has 1 aliphatic carbocycles. The Labute approximate surface area is 102 Å². The average Bonchev–Trinajstić information content (AvgIpc) is 2.88. The van der Waals surface area contributed by atoms with Crippen molar-refractivity contribution in [3.8, 4) is 0 Å². The van der Waals surface area contributed by atoms with Crippen LogP contribution in [-0.4, -0.2) is 47.8 Å². The summed E-state index contributed by atoms with van der Waals surface area (Å²) < 4.78 is 5.51. The molecule has 0 radical (unpaired) electrons. The highest BCUT2D eigenvalue weighted by Gasteiger charge is 2.49. The monoisotopic (exact) mass is 239 g/mol. The van der Waals surface area contributed by atoms with Crippen molar-refractivity contribution in [3.63, 3.8) is 0 Å². The number of likely N-dealkylation sites (tertiary alicyclic amines) is 1. The van der Waals surface area contributed by atoms with Crippen LogP contribution in [0.3, 0.4) is 0 Å². The largest absolute Gasteiger partial charge is 0.480 e. The van der Waals surface area contributed by atoms with Crippen molar-refractivity contribution in [1.82, 2.24) is 4.90 Å². The number of carboxylic acids is 1. The van der Waals surface area contributed by atoms with Gasteiger partial charge >= 0.3 is 5.97 Å². The van der Waals surface area contributed by atoms with Crippen molar-refractivity contribution < 1.29 is 14.6 Å². The van der Waals surface area contributed by atoms with Crippen LogP contribution in [0.5, 0.6) is 0 Å². The van der Waals surface area contributed by atoms with Gasteiger partial charge in [0, 0.05) is 19.2 Å². The third kappa shape index (κ3) is 1.97. The standard InChI is InChI=1S/C13H21NO3/c15-13(16)12-11-5-1-3-9(11)7-14(12)10-4-2-6-17-8-10/h9-12H,1-8H2,(H,15,16). The van der Waals surface area contributed by atoms with Crippen molar-refractivity contribution in [2.24, 2.45) is 11.8 Å². The molecule has 2 heterocycles. The number of carbonyl (C=O) groups is 1. The van der Waals surface area contributed by atoms with Gasteiger partial charge in [-0.15, -0.1) is 0 Å². The number of hydrogen-bond donors (Lipinski definition) is 1. The molecule has 4 atom stereocenters. The number of fused-ring (bicyclic) bond motifs is 1. The number of carboxylic acid groups (broad SMARTS) is 1. The summed E-state index contributed by atoms with van der Waals surface area (Å²) in [4.78, 5) is 13.7. The van der Waals surface area contributed by atoms with Crippen LogP contribution in [0.25, 0.3) is 0 Å². The molecule has 96 valence electrons. The molecule has 0 aromatic carbocycles. The van der Waals surface area contributed by atoms with E-state index >= 15 is 0 Å². The molecule has 4 heteroatoms. The third-order valence-electron chi connectivity index (χ3n) is 4.78. The van der Waals surface area contributed by atoms with Crippen LogP contribution in [0.1, 0.15) is 32.1 Å². The van der Waals surface area contributed by atoms with E-state index in [9.17, 15) is 9.90 Å². The Hall–Kier alpha value is -0.610. The lowest BCUT2D eigenvalue weighted by atomic mass is 9.94. The van der Waals surface area contributed by atoms with Gasteiger partial charge in [0.05, 0.1) is 6.61 Å². The molecule has 0 aromatic heterocycles. The second-order valence-electron chi connectivity index (χ2n) is 5.71. The highest BCUT2D eigenvalue weighted by Crippen LogP contribution is 2.43. The fourth-order valence-electron chi connectivity index (χ4n) is 4.02. The van der Waals surface area contributed by atoms with Crippen molar-refractivity contribution in [3.05, 3.63) is 0 Å². The molecule has 1 N–H and O–H groups in total. The van der Waals surface area contributed by atoms with Crippen molar-refractivity contribution >= 4 is 5.97 Å². The van der Waals surface area contributed by atoms with Crippen LogP contribution in [0.4, 0.5) is 0 Å². The summed E-state index contributed by atoms with van der Waals surface area (Å²) in [5.74, 6) is 0.400. The molecule has 2 aliphatic heterocycles. The van der Waals surface area contributed by atoms with Gasteiger partial charge in [-0.1, -0.05) is 6.42 Å². The number of rotatable bonds is 2. The summed E-state index contributed by atoms with van der Waals surface area (Å²) in [6.07, 6.45) is 5.71.